The van der Waals surface area contributed by atoms with E-state index < -0.39 is 0 Å². The largest absolute Gasteiger partial charge is 0.329 e. The Morgan fingerprint density at radius 3 is 2.43 bits per heavy atom. The zero-order chi connectivity index (χ0) is 10.6. The molecule has 76 valence electrons. The topological polar surface area (TPSA) is 81.1 Å². The Balaban J connectivity index is 2.73. The van der Waals surface area contributed by atoms with Gasteiger partial charge in [0, 0.05) is 25.2 Å². The van der Waals surface area contributed by atoms with E-state index in [2.05, 4.69) is 5.32 Å². The first-order valence-electron chi connectivity index (χ1n) is 4.46. The fourth-order valence-corrected chi connectivity index (χ4v) is 1.15. The summed E-state index contributed by atoms with van der Waals surface area (Å²) in [6.07, 6.45) is 0. The van der Waals surface area contributed by atoms with E-state index in [9.17, 15) is 4.79 Å². The van der Waals surface area contributed by atoms with E-state index in [0.29, 0.717) is 6.54 Å². The highest BCUT2D eigenvalue weighted by Gasteiger charge is 2.02. The number of rotatable bonds is 3. The van der Waals surface area contributed by atoms with Crippen LogP contribution in [0, 0.1) is 0 Å². The zero-order valence-corrected chi connectivity index (χ0v) is 8.16. The number of hydrogen-bond acceptors (Lipinski definition) is 3. The summed E-state index contributed by atoms with van der Waals surface area (Å²) in [7, 11) is 0. The lowest BCUT2D eigenvalue weighted by atomic mass is 10.1. The second-order valence-electron chi connectivity index (χ2n) is 3.15. The molecule has 0 fully saturated rings. The van der Waals surface area contributed by atoms with Gasteiger partial charge in [-0.25, -0.2) is 0 Å². The lowest BCUT2D eigenvalue weighted by Crippen LogP contribution is -2.20. The molecule has 14 heavy (non-hydrogen) atoms. The third-order valence-electron chi connectivity index (χ3n) is 1.91. The monoisotopic (exact) mass is 193 g/mol. The maximum absolute atomic E-state index is 10.7. The summed E-state index contributed by atoms with van der Waals surface area (Å²) in [6.45, 7) is 1.89. The van der Waals surface area contributed by atoms with Crippen LogP contribution in [0.2, 0.25) is 0 Å². The first-order chi connectivity index (χ1) is 6.63. The number of anilines is 1. The van der Waals surface area contributed by atoms with Crippen molar-refractivity contribution in [3.05, 3.63) is 29.8 Å². The Morgan fingerprint density at radius 1 is 1.43 bits per heavy atom. The first-order valence-corrected chi connectivity index (χ1v) is 4.46. The number of carbonyl (C=O) groups excluding carboxylic acids is 1. The molecule has 0 saturated heterocycles. The SMILES string of the molecule is CC(=O)Nc1ccc([C@@H](N)CN)cc1. The molecule has 4 nitrogen and oxygen atoms in total. The number of carbonyl (C=O) groups is 1. The van der Waals surface area contributed by atoms with Gasteiger partial charge in [-0.15, -0.1) is 0 Å². The van der Waals surface area contributed by atoms with Crippen molar-refractivity contribution in [3.63, 3.8) is 0 Å². The van der Waals surface area contributed by atoms with Crippen LogP contribution in [-0.4, -0.2) is 12.5 Å². The third-order valence-corrected chi connectivity index (χ3v) is 1.91. The molecule has 0 aliphatic rings. The standard InChI is InChI=1S/C10H15N3O/c1-7(14)13-9-4-2-8(3-5-9)10(12)6-11/h2-5,10H,6,11-12H2,1H3,(H,13,14)/t10-/m0/s1. The van der Waals surface area contributed by atoms with E-state index in [1.54, 1.807) is 0 Å². The molecule has 5 N–H and O–H groups in total. The molecule has 4 heteroatoms. The second-order valence-corrected chi connectivity index (χ2v) is 3.15. The maximum atomic E-state index is 10.7. The quantitative estimate of drug-likeness (QED) is 0.657. The van der Waals surface area contributed by atoms with Crippen molar-refractivity contribution in [1.82, 2.24) is 0 Å². The molecule has 0 radical (unpaired) electrons. The Hall–Kier alpha value is -1.39. The van der Waals surface area contributed by atoms with Crippen molar-refractivity contribution in [3.8, 4) is 0 Å². The van der Waals surface area contributed by atoms with Gasteiger partial charge >= 0.3 is 0 Å². The average molecular weight is 193 g/mol. The van der Waals surface area contributed by atoms with Gasteiger partial charge in [0.1, 0.15) is 0 Å². The van der Waals surface area contributed by atoms with E-state index in [-0.39, 0.29) is 11.9 Å². The number of benzene rings is 1. The molecule has 0 saturated carbocycles. The fourth-order valence-electron chi connectivity index (χ4n) is 1.15. The fraction of sp³-hybridized carbons (Fsp3) is 0.300. The van der Waals surface area contributed by atoms with Crippen LogP contribution in [0.1, 0.15) is 18.5 Å². The Kier molecular flexibility index (Phi) is 3.62. The highest BCUT2D eigenvalue weighted by Crippen LogP contribution is 2.13. The van der Waals surface area contributed by atoms with Crippen LogP contribution in [0.3, 0.4) is 0 Å². The van der Waals surface area contributed by atoms with Crippen molar-refractivity contribution in [2.75, 3.05) is 11.9 Å². The van der Waals surface area contributed by atoms with E-state index >= 15 is 0 Å². The average Bonchev–Trinajstić information content (AvgIpc) is 2.17. The molecule has 1 amide bonds. The van der Waals surface area contributed by atoms with Gasteiger partial charge in [0.2, 0.25) is 5.91 Å². The summed E-state index contributed by atoms with van der Waals surface area (Å²) in [4.78, 5) is 10.7. The number of nitrogens with two attached hydrogens (primary N) is 2. The highest BCUT2D eigenvalue weighted by atomic mass is 16.1. The van der Waals surface area contributed by atoms with Gasteiger partial charge in [-0.2, -0.15) is 0 Å². The maximum Gasteiger partial charge on any atom is 0.221 e. The number of hydrogen-bond donors (Lipinski definition) is 3. The summed E-state index contributed by atoms with van der Waals surface area (Å²) in [6, 6.07) is 7.21. The Labute approximate surface area is 83.3 Å². The summed E-state index contributed by atoms with van der Waals surface area (Å²) in [5.74, 6) is -0.0825. The lowest BCUT2D eigenvalue weighted by Gasteiger charge is -2.09. The summed E-state index contributed by atoms with van der Waals surface area (Å²) in [5.41, 5.74) is 12.9. The number of amides is 1. The highest BCUT2D eigenvalue weighted by molar-refractivity contribution is 5.88. The van der Waals surface area contributed by atoms with Crippen LogP contribution in [0.25, 0.3) is 0 Å². The van der Waals surface area contributed by atoms with Crippen molar-refractivity contribution in [2.45, 2.75) is 13.0 Å². The molecule has 0 aromatic heterocycles. The Bertz CT molecular complexity index is 308. The van der Waals surface area contributed by atoms with Crippen molar-refractivity contribution in [2.24, 2.45) is 11.5 Å². The third kappa shape index (κ3) is 2.83. The van der Waals surface area contributed by atoms with Gasteiger partial charge < -0.3 is 16.8 Å². The van der Waals surface area contributed by atoms with E-state index in [4.69, 9.17) is 11.5 Å². The lowest BCUT2D eigenvalue weighted by molar-refractivity contribution is -0.114. The first kappa shape index (κ1) is 10.7. The molecule has 0 spiro atoms. The Morgan fingerprint density at radius 2 is 2.00 bits per heavy atom. The molecule has 1 rings (SSSR count). The van der Waals surface area contributed by atoms with E-state index in [1.807, 2.05) is 24.3 Å². The van der Waals surface area contributed by atoms with Gasteiger partial charge in [0.05, 0.1) is 0 Å². The normalized spacial score (nSPS) is 12.2. The molecule has 1 aromatic carbocycles. The molecule has 0 aliphatic carbocycles. The van der Waals surface area contributed by atoms with Crippen LogP contribution in [0.4, 0.5) is 5.69 Å². The minimum atomic E-state index is -0.138. The molecule has 1 atom stereocenters. The van der Waals surface area contributed by atoms with Crippen LogP contribution >= 0.6 is 0 Å². The van der Waals surface area contributed by atoms with Crippen molar-refractivity contribution < 1.29 is 4.79 Å². The van der Waals surface area contributed by atoms with Crippen LogP contribution in [0.5, 0.6) is 0 Å². The van der Waals surface area contributed by atoms with Crippen LogP contribution < -0.4 is 16.8 Å². The van der Waals surface area contributed by atoms with Gasteiger partial charge in [0.25, 0.3) is 0 Å². The predicted octanol–water partition coefficient (Wildman–Crippen LogP) is 0.603. The minimum Gasteiger partial charge on any atom is -0.329 e. The molecule has 0 bridgehead atoms. The van der Waals surface area contributed by atoms with E-state index in [1.165, 1.54) is 6.92 Å². The van der Waals surface area contributed by atoms with Gasteiger partial charge in [0.15, 0.2) is 0 Å². The molecule has 0 heterocycles. The summed E-state index contributed by atoms with van der Waals surface area (Å²) < 4.78 is 0. The van der Waals surface area contributed by atoms with Crippen LogP contribution in [-0.2, 0) is 4.79 Å². The molecular weight excluding hydrogens is 178 g/mol. The molecule has 0 unspecified atom stereocenters. The van der Waals surface area contributed by atoms with Gasteiger partial charge in [-0.3, -0.25) is 4.79 Å². The smallest absolute Gasteiger partial charge is 0.221 e. The molecular formula is C10H15N3O. The van der Waals surface area contributed by atoms with Gasteiger partial charge in [-0.1, -0.05) is 12.1 Å². The summed E-state index contributed by atoms with van der Waals surface area (Å²) in [5, 5.41) is 2.68. The number of nitrogens with one attached hydrogen (secondary N) is 1. The molecule has 1 aromatic rings. The van der Waals surface area contributed by atoms with Crippen LogP contribution in [0.15, 0.2) is 24.3 Å². The predicted molar refractivity (Wildman–Crippen MR) is 56.7 cm³/mol. The minimum absolute atomic E-state index is 0.0825. The van der Waals surface area contributed by atoms with Crippen molar-refractivity contribution >= 4 is 11.6 Å². The van der Waals surface area contributed by atoms with Gasteiger partial charge in [-0.05, 0) is 17.7 Å². The van der Waals surface area contributed by atoms with Crippen molar-refractivity contribution in [1.29, 1.82) is 0 Å². The second kappa shape index (κ2) is 4.74. The summed E-state index contributed by atoms with van der Waals surface area (Å²) >= 11 is 0. The molecule has 0 aliphatic heterocycles. The van der Waals surface area contributed by atoms with E-state index in [0.717, 1.165) is 11.3 Å². The zero-order valence-electron chi connectivity index (χ0n) is 8.16.